The number of hydrogen-bond acceptors (Lipinski definition) is 4. The summed E-state index contributed by atoms with van der Waals surface area (Å²) in [4.78, 5) is 0. The highest BCUT2D eigenvalue weighted by Crippen LogP contribution is 2.22. The minimum atomic E-state index is -0.501. The van der Waals surface area contributed by atoms with Crippen molar-refractivity contribution in [3.63, 3.8) is 0 Å². The number of hydrogen-bond donors (Lipinski definition) is 4. The first-order chi connectivity index (χ1) is 10.5. The fraction of sp³-hybridized carbons (Fsp3) is 0.111. The van der Waals surface area contributed by atoms with Gasteiger partial charge in [-0.2, -0.15) is 0 Å². The van der Waals surface area contributed by atoms with Crippen LogP contribution in [0.4, 0.5) is 0 Å². The third-order valence-corrected chi connectivity index (χ3v) is 3.43. The van der Waals surface area contributed by atoms with E-state index in [1.165, 1.54) is 0 Å². The van der Waals surface area contributed by atoms with Crippen LogP contribution in [0.3, 0.4) is 0 Å². The van der Waals surface area contributed by atoms with Crippen molar-refractivity contribution in [2.75, 3.05) is 0 Å². The van der Waals surface area contributed by atoms with Crippen LogP contribution in [0.2, 0.25) is 0 Å². The molecule has 22 heavy (non-hydrogen) atoms. The Balaban J connectivity index is 2.25. The lowest BCUT2D eigenvalue weighted by molar-refractivity contribution is 0.473. The molecule has 0 aliphatic rings. The number of nitrogens with two attached hydrogens (primary N) is 2. The largest absolute Gasteiger partial charge is 0.507 e. The van der Waals surface area contributed by atoms with Gasteiger partial charge in [-0.15, -0.1) is 0 Å². The molecule has 0 spiro atoms. The van der Waals surface area contributed by atoms with Crippen molar-refractivity contribution in [1.82, 2.24) is 0 Å². The normalized spacial score (nSPS) is 13.9. The van der Waals surface area contributed by atoms with E-state index in [9.17, 15) is 10.2 Å². The smallest absolute Gasteiger partial charge is 0.122 e. The molecule has 0 heterocycles. The molecule has 0 radical (unpaired) electrons. The molecule has 2 aromatic rings. The molecule has 0 fully saturated rings. The zero-order valence-corrected chi connectivity index (χ0v) is 12.4. The fourth-order valence-corrected chi connectivity index (χ4v) is 2.09. The van der Waals surface area contributed by atoms with Gasteiger partial charge in [0.2, 0.25) is 0 Å². The quantitative estimate of drug-likeness (QED) is 0.698. The summed E-state index contributed by atoms with van der Waals surface area (Å²) in [5.41, 5.74) is 14.7. The van der Waals surface area contributed by atoms with Gasteiger partial charge in [-0.05, 0) is 25.1 Å². The Labute approximate surface area is 130 Å². The van der Waals surface area contributed by atoms with E-state index in [0.29, 0.717) is 16.8 Å². The van der Waals surface area contributed by atoms with Gasteiger partial charge in [0.25, 0.3) is 0 Å². The zero-order chi connectivity index (χ0) is 16.1. The maximum Gasteiger partial charge on any atom is 0.122 e. The Morgan fingerprint density at radius 1 is 0.909 bits per heavy atom. The molecular formula is C18H20N2O2. The molecule has 114 valence electrons. The second-order valence-corrected chi connectivity index (χ2v) is 5.13. The average molecular weight is 296 g/mol. The monoisotopic (exact) mass is 296 g/mol. The summed E-state index contributed by atoms with van der Waals surface area (Å²) in [5, 5.41) is 19.5. The van der Waals surface area contributed by atoms with E-state index in [0.717, 1.165) is 5.57 Å². The van der Waals surface area contributed by atoms with E-state index in [1.54, 1.807) is 48.6 Å². The Kier molecular flexibility index (Phi) is 4.86. The Bertz CT molecular complexity index is 659. The fourth-order valence-electron chi connectivity index (χ4n) is 2.09. The molecule has 1 unspecified atom stereocenters. The van der Waals surface area contributed by atoms with Crippen LogP contribution < -0.4 is 11.5 Å². The first kappa shape index (κ1) is 15.7. The highest BCUT2D eigenvalue weighted by molar-refractivity contribution is 5.64. The molecule has 2 aromatic carbocycles. The van der Waals surface area contributed by atoms with Crippen molar-refractivity contribution in [1.29, 1.82) is 0 Å². The molecule has 0 aliphatic carbocycles. The van der Waals surface area contributed by atoms with Crippen LogP contribution in [0.1, 0.15) is 18.1 Å². The minimum Gasteiger partial charge on any atom is -0.507 e. The number of phenolic OH excluding ortho intramolecular Hbond substituents is 2. The van der Waals surface area contributed by atoms with Gasteiger partial charge in [0.1, 0.15) is 11.5 Å². The van der Waals surface area contributed by atoms with Crippen LogP contribution in [0, 0.1) is 0 Å². The van der Waals surface area contributed by atoms with Crippen LogP contribution in [0.15, 0.2) is 59.8 Å². The van der Waals surface area contributed by atoms with Gasteiger partial charge in [0.05, 0.1) is 6.04 Å². The first-order valence-electron chi connectivity index (χ1n) is 6.96. The predicted molar refractivity (Wildman–Crippen MR) is 90.0 cm³/mol. The van der Waals surface area contributed by atoms with Gasteiger partial charge in [0.15, 0.2) is 0 Å². The molecule has 4 heteroatoms. The average Bonchev–Trinajstić information content (AvgIpc) is 2.51. The van der Waals surface area contributed by atoms with Crippen molar-refractivity contribution in [3.05, 3.63) is 70.9 Å². The van der Waals surface area contributed by atoms with Crippen molar-refractivity contribution >= 4 is 12.2 Å². The first-order valence-corrected chi connectivity index (χ1v) is 6.96. The third-order valence-electron chi connectivity index (χ3n) is 3.43. The summed E-state index contributed by atoms with van der Waals surface area (Å²) in [6, 6.07) is 13.4. The van der Waals surface area contributed by atoms with E-state index < -0.39 is 6.04 Å². The third kappa shape index (κ3) is 3.68. The Morgan fingerprint density at radius 3 is 1.86 bits per heavy atom. The van der Waals surface area contributed by atoms with Crippen molar-refractivity contribution < 1.29 is 10.2 Å². The lowest BCUT2D eigenvalue weighted by Crippen LogP contribution is -2.28. The maximum atomic E-state index is 9.79. The van der Waals surface area contributed by atoms with Gasteiger partial charge in [-0.25, -0.2) is 0 Å². The standard InChI is InChI=1S/C18H20N2O2/c1-12(10-13-6-2-4-8-16(13)21)18(20)15(19)11-14-7-3-5-9-17(14)22/h2-11,18,21-22H,19-20H2,1H3. The second kappa shape index (κ2) is 6.83. The number of benzene rings is 2. The molecule has 0 aromatic heterocycles. The summed E-state index contributed by atoms with van der Waals surface area (Å²) in [6.45, 7) is 1.85. The van der Waals surface area contributed by atoms with E-state index in [1.807, 2.05) is 19.1 Å². The molecule has 0 saturated carbocycles. The van der Waals surface area contributed by atoms with E-state index in [-0.39, 0.29) is 11.5 Å². The number of phenols is 2. The van der Waals surface area contributed by atoms with E-state index in [2.05, 4.69) is 0 Å². The summed E-state index contributed by atoms with van der Waals surface area (Å²) in [6.07, 6.45) is 3.45. The molecule has 6 N–H and O–H groups in total. The zero-order valence-electron chi connectivity index (χ0n) is 12.4. The van der Waals surface area contributed by atoms with Gasteiger partial charge < -0.3 is 21.7 Å². The molecular weight excluding hydrogens is 276 g/mol. The number of para-hydroxylation sites is 2. The molecule has 0 amide bonds. The van der Waals surface area contributed by atoms with Crippen LogP contribution in [0.25, 0.3) is 12.2 Å². The Hall–Kier alpha value is -2.72. The SMILES string of the molecule is CC(=Cc1ccccc1O)C(N)C(N)=Cc1ccccc1O. The highest BCUT2D eigenvalue weighted by Gasteiger charge is 2.10. The van der Waals surface area contributed by atoms with Crippen LogP contribution in [-0.2, 0) is 0 Å². The summed E-state index contributed by atoms with van der Waals surface area (Å²) >= 11 is 0. The maximum absolute atomic E-state index is 9.79. The van der Waals surface area contributed by atoms with Crippen LogP contribution in [0.5, 0.6) is 11.5 Å². The summed E-state index contributed by atoms with van der Waals surface area (Å²) < 4.78 is 0. The van der Waals surface area contributed by atoms with Gasteiger partial charge in [0, 0.05) is 16.8 Å². The van der Waals surface area contributed by atoms with Crippen molar-refractivity contribution in [3.8, 4) is 11.5 Å². The van der Waals surface area contributed by atoms with E-state index >= 15 is 0 Å². The molecule has 2 rings (SSSR count). The van der Waals surface area contributed by atoms with E-state index in [4.69, 9.17) is 11.5 Å². The number of rotatable bonds is 4. The number of aromatic hydroxyl groups is 2. The topological polar surface area (TPSA) is 92.5 Å². The lowest BCUT2D eigenvalue weighted by Gasteiger charge is -2.14. The van der Waals surface area contributed by atoms with Gasteiger partial charge in [-0.3, -0.25) is 0 Å². The van der Waals surface area contributed by atoms with Crippen molar-refractivity contribution in [2.24, 2.45) is 11.5 Å². The van der Waals surface area contributed by atoms with Crippen LogP contribution >= 0.6 is 0 Å². The molecule has 0 bridgehead atoms. The highest BCUT2D eigenvalue weighted by atomic mass is 16.3. The van der Waals surface area contributed by atoms with Gasteiger partial charge in [-0.1, -0.05) is 48.0 Å². The molecule has 0 saturated heterocycles. The molecule has 0 aliphatic heterocycles. The lowest BCUT2D eigenvalue weighted by atomic mass is 10.0. The summed E-state index contributed by atoms with van der Waals surface area (Å²) in [5.74, 6) is 0.345. The predicted octanol–water partition coefficient (Wildman–Crippen LogP) is 2.83. The molecule has 1 atom stereocenters. The Morgan fingerprint density at radius 2 is 1.36 bits per heavy atom. The van der Waals surface area contributed by atoms with Crippen LogP contribution in [-0.4, -0.2) is 16.3 Å². The molecule has 4 nitrogen and oxygen atoms in total. The summed E-state index contributed by atoms with van der Waals surface area (Å²) in [7, 11) is 0. The second-order valence-electron chi connectivity index (χ2n) is 5.13. The minimum absolute atomic E-state index is 0.153. The van der Waals surface area contributed by atoms with Gasteiger partial charge >= 0.3 is 0 Å². The van der Waals surface area contributed by atoms with Crippen molar-refractivity contribution in [2.45, 2.75) is 13.0 Å².